The minimum absolute atomic E-state index is 0.0316. The second-order valence-corrected chi connectivity index (χ2v) is 7.79. The molecule has 144 valence electrons. The lowest BCUT2D eigenvalue weighted by atomic mass is 10.1. The average molecular weight is 390 g/mol. The van der Waals surface area contributed by atoms with Crippen molar-refractivity contribution in [2.45, 2.75) is 31.6 Å². The zero-order valence-corrected chi connectivity index (χ0v) is 16.0. The molecule has 2 rings (SSSR count). The Morgan fingerprint density at radius 3 is 2.33 bits per heavy atom. The number of carboxylic acids is 1. The minimum atomic E-state index is -3.65. The number of aliphatic carboxylic acids is 1. The Labute approximate surface area is 158 Å². The third kappa shape index (κ3) is 5.63. The summed E-state index contributed by atoms with van der Waals surface area (Å²) in [6.45, 7) is 3.67. The van der Waals surface area contributed by atoms with Gasteiger partial charge in [0.25, 0.3) is 5.91 Å². The number of carbonyl (C=O) groups is 2. The van der Waals surface area contributed by atoms with Crippen molar-refractivity contribution < 1.29 is 23.1 Å². The van der Waals surface area contributed by atoms with E-state index in [-0.39, 0.29) is 23.4 Å². The highest BCUT2D eigenvalue weighted by molar-refractivity contribution is 7.89. The first-order chi connectivity index (χ1) is 12.7. The molecule has 0 spiro atoms. The van der Waals surface area contributed by atoms with E-state index in [9.17, 15) is 18.0 Å². The van der Waals surface area contributed by atoms with Crippen LogP contribution in [0.4, 0.5) is 5.69 Å². The molecule has 27 heavy (non-hydrogen) atoms. The second-order valence-electron chi connectivity index (χ2n) is 6.02. The van der Waals surface area contributed by atoms with E-state index in [1.807, 2.05) is 0 Å². The van der Waals surface area contributed by atoms with Crippen LogP contribution in [0, 0.1) is 6.92 Å². The summed E-state index contributed by atoms with van der Waals surface area (Å²) in [6, 6.07) is 11.3. The average Bonchev–Trinajstić information content (AvgIpc) is 2.61. The zero-order chi connectivity index (χ0) is 20.0. The summed E-state index contributed by atoms with van der Waals surface area (Å²) in [7, 11) is -3.65. The van der Waals surface area contributed by atoms with Crippen molar-refractivity contribution in [3.8, 4) is 0 Å². The van der Waals surface area contributed by atoms with Gasteiger partial charge in [-0.3, -0.25) is 9.59 Å². The van der Waals surface area contributed by atoms with Crippen LogP contribution in [-0.4, -0.2) is 31.9 Å². The number of anilines is 1. The van der Waals surface area contributed by atoms with E-state index >= 15 is 0 Å². The molecular weight excluding hydrogens is 368 g/mol. The first-order valence-electron chi connectivity index (χ1n) is 8.45. The van der Waals surface area contributed by atoms with Crippen LogP contribution in [-0.2, 0) is 21.2 Å². The highest BCUT2D eigenvalue weighted by atomic mass is 32.2. The van der Waals surface area contributed by atoms with Crippen LogP contribution in [0.25, 0.3) is 0 Å². The van der Waals surface area contributed by atoms with Gasteiger partial charge in [-0.1, -0.05) is 25.1 Å². The molecule has 7 nitrogen and oxygen atoms in total. The molecule has 0 fully saturated rings. The molecule has 2 aromatic rings. The normalized spacial score (nSPS) is 11.2. The van der Waals surface area contributed by atoms with Gasteiger partial charge in [-0.05, 0) is 48.7 Å². The molecule has 2 aromatic carbocycles. The fourth-order valence-corrected chi connectivity index (χ4v) is 3.56. The van der Waals surface area contributed by atoms with Gasteiger partial charge in [-0.25, -0.2) is 13.1 Å². The molecule has 0 bridgehead atoms. The number of nitrogens with one attached hydrogen (secondary N) is 2. The van der Waals surface area contributed by atoms with E-state index in [0.717, 1.165) is 5.56 Å². The molecule has 0 unspecified atom stereocenters. The van der Waals surface area contributed by atoms with Gasteiger partial charge >= 0.3 is 5.97 Å². The smallest absolute Gasteiger partial charge is 0.303 e. The molecule has 0 atom stereocenters. The molecule has 0 aromatic heterocycles. The number of hydrogen-bond donors (Lipinski definition) is 3. The SMILES string of the molecule is CCNS(=O)(=O)c1ccc(C)c(C(=O)Nc2ccc(CCC(=O)O)cc2)c1. The quantitative estimate of drug-likeness (QED) is 0.641. The number of carboxylic acid groups (broad SMARTS) is 1. The van der Waals surface area contributed by atoms with Crippen LogP contribution in [0.3, 0.4) is 0 Å². The summed E-state index contributed by atoms with van der Waals surface area (Å²) >= 11 is 0. The number of aryl methyl sites for hydroxylation is 2. The van der Waals surface area contributed by atoms with Gasteiger partial charge in [0.2, 0.25) is 10.0 Å². The predicted molar refractivity (Wildman–Crippen MR) is 102 cm³/mol. The van der Waals surface area contributed by atoms with Crippen molar-refractivity contribution in [2.24, 2.45) is 0 Å². The molecule has 0 aliphatic carbocycles. The first-order valence-corrected chi connectivity index (χ1v) is 9.93. The van der Waals surface area contributed by atoms with Crippen LogP contribution in [0.2, 0.25) is 0 Å². The summed E-state index contributed by atoms with van der Waals surface area (Å²) in [5, 5.41) is 11.4. The maximum Gasteiger partial charge on any atom is 0.303 e. The summed E-state index contributed by atoms with van der Waals surface area (Å²) in [6.07, 6.45) is 0.449. The van der Waals surface area contributed by atoms with Gasteiger partial charge in [0.1, 0.15) is 0 Å². The van der Waals surface area contributed by atoms with Crippen LogP contribution in [0.15, 0.2) is 47.4 Å². The molecule has 0 saturated carbocycles. The molecule has 0 aliphatic heterocycles. The molecule has 1 amide bonds. The molecule has 8 heteroatoms. The fourth-order valence-electron chi connectivity index (χ4n) is 2.49. The maximum atomic E-state index is 12.6. The predicted octanol–water partition coefficient (Wildman–Crippen LogP) is 2.56. The highest BCUT2D eigenvalue weighted by Crippen LogP contribution is 2.18. The van der Waals surface area contributed by atoms with Crippen LogP contribution < -0.4 is 10.0 Å². The molecule has 3 N–H and O–H groups in total. The Bertz CT molecular complexity index is 937. The Morgan fingerprint density at radius 1 is 1.07 bits per heavy atom. The number of sulfonamides is 1. The van der Waals surface area contributed by atoms with Crippen LogP contribution in [0.1, 0.15) is 34.8 Å². The summed E-state index contributed by atoms with van der Waals surface area (Å²) in [5.41, 5.74) is 2.31. The lowest BCUT2D eigenvalue weighted by Crippen LogP contribution is -2.24. The third-order valence-corrected chi connectivity index (χ3v) is 5.48. The topological polar surface area (TPSA) is 113 Å². The first kappa shape index (κ1) is 20.6. The second kappa shape index (κ2) is 8.79. The third-order valence-electron chi connectivity index (χ3n) is 3.94. The van der Waals surface area contributed by atoms with E-state index in [0.29, 0.717) is 17.7 Å². The van der Waals surface area contributed by atoms with E-state index in [2.05, 4.69) is 10.0 Å². The van der Waals surface area contributed by atoms with Crippen molar-refractivity contribution in [1.82, 2.24) is 4.72 Å². The van der Waals surface area contributed by atoms with Gasteiger partial charge in [0, 0.05) is 24.2 Å². The number of amides is 1. The molecular formula is C19H22N2O5S. The van der Waals surface area contributed by atoms with E-state index in [1.165, 1.54) is 12.1 Å². The molecule has 0 aliphatic rings. The Kier molecular flexibility index (Phi) is 6.70. The van der Waals surface area contributed by atoms with Crippen LogP contribution in [0.5, 0.6) is 0 Å². The van der Waals surface area contributed by atoms with E-state index in [4.69, 9.17) is 5.11 Å². The van der Waals surface area contributed by atoms with Crippen molar-refractivity contribution in [2.75, 3.05) is 11.9 Å². The van der Waals surface area contributed by atoms with Crippen molar-refractivity contribution in [3.05, 3.63) is 59.2 Å². The Balaban J connectivity index is 2.17. The van der Waals surface area contributed by atoms with Gasteiger partial charge in [-0.2, -0.15) is 0 Å². The number of hydrogen-bond acceptors (Lipinski definition) is 4. The van der Waals surface area contributed by atoms with Gasteiger partial charge in [0.05, 0.1) is 4.90 Å². The lowest BCUT2D eigenvalue weighted by Gasteiger charge is -2.11. The fraction of sp³-hybridized carbons (Fsp3) is 0.263. The van der Waals surface area contributed by atoms with Crippen molar-refractivity contribution >= 4 is 27.6 Å². The van der Waals surface area contributed by atoms with Crippen molar-refractivity contribution in [1.29, 1.82) is 0 Å². The zero-order valence-electron chi connectivity index (χ0n) is 15.2. The van der Waals surface area contributed by atoms with Gasteiger partial charge in [0.15, 0.2) is 0 Å². The lowest BCUT2D eigenvalue weighted by molar-refractivity contribution is -0.136. The Morgan fingerprint density at radius 2 is 1.74 bits per heavy atom. The van der Waals surface area contributed by atoms with Crippen LogP contribution >= 0.6 is 0 Å². The highest BCUT2D eigenvalue weighted by Gasteiger charge is 2.17. The molecule has 0 heterocycles. The largest absolute Gasteiger partial charge is 0.481 e. The summed E-state index contributed by atoms with van der Waals surface area (Å²) in [5.74, 6) is -1.28. The number of rotatable bonds is 8. The van der Waals surface area contributed by atoms with E-state index in [1.54, 1.807) is 44.2 Å². The maximum absolute atomic E-state index is 12.6. The van der Waals surface area contributed by atoms with Crippen molar-refractivity contribution in [3.63, 3.8) is 0 Å². The standard InChI is InChI=1S/C19H22N2O5S/c1-3-20-27(25,26)16-10-4-13(2)17(12-16)19(24)21-15-8-5-14(6-9-15)7-11-18(22)23/h4-6,8-10,12,20H,3,7,11H2,1-2H3,(H,21,24)(H,22,23). The Hall–Kier alpha value is -2.71. The molecule has 0 saturated heterocycles. The van der Waals surface area contributed by atoms with Gasteiger partial charge < -0.3 is 10.4 Å². The van der Waals surface area contributed by atoms with Gasteiger partial charge in [-0.15, -0.1) is 0 Å². The summed E-state index contributed by atoms with van der Waals surface area (Å²) in [4.78, 5) is 23.2. The minimum Gasteiger partial charge on any atom is -0.481 e. The number of benzene rings is 2. The monoisotopic (exact) mass is 390 g/mol. The molecule has 0 radical (unpaired) electrons. The van der Waals surface area contributed by atoms with E-state index < -0.39 is 21.9 Å². The number of carbonyl (C=O) groups excluding carboxylic acids is 1. The summed E-state index contributed by atoms with van der Waals surface area (Å²) < 4.78 is 26.7.